The number of amides is 1. The van der Waals surface area contributed by atoms with Gasteiger partial charge in [0, 0.05) is 12.5 Å². The zero-order valence-electron chi connectivity index (χ0n) is 13.3. The van der Waals surface area contributed by atoms with E-state index >= 15 is 4.39 Å². The summed E-state index contributed by atoms with van der Waals surface area (Å²) in [5.74, 6) is -0.562. The summed E-state index contributed by atoms with van der Waals surface area (Å²) in [5, 5.41) is 9.51. The molecule has 1 N–H and O–H groups in total. The minimum atomic E-state index is -1.85. The summed E-state index contributed by atoms with van der Waals surface area (Å²) in [7, 11) is 0. The number of hydrogen-bond donors (Lipinski definition) is 1. The second-order valence-corrected chi connectivity index (χ2v) is 6.08. The van der Waals surface area contributed by atoms with E-state index in [0.29, 0.717) is 0 Å². The van der Waals surface area contributed by atoms with E-state index in [1.807, 2.05) is 60.7 Å². The molecule has 0 bridgehead atoms. The predicted octanol–water partition coefficient (Wildman–Crippen LogP) is 3.12. The predicted molar refractivity (Wildman–Crippen MR) is 88.3 cm³/mol. The first-order valence-corrected chi connectivity index (χ1v) is 7.93. The molecular formula is C19H20FNO3. The highest BCUT2D eigenvalue weighted by molar-refractivity contribution is 5.68. The Balaban J connectivity index is 1.68. The van der Waals surface area contributed by atoms with Crippen molar-refractivity contribution in [3.63, 3.8) is 0 Å². The first-order chi connectivity index (χ1) is 11.6. The van der Waals surface area contributed by atoms with Crippen LogP contribution in [0, 0.1) is 0 Å². The highest BCUT2D eigenvalue weighted by Gasteiger charge is 2.49. The minimum Gasteiger partial charge on any atom is -0.445 e. The molecule has 2 unspecified atom stereocenters. The van der Waals surface area contributed by atoms with E-state index in [4.69, 9.17) is 4.74 Å². The Kier molecular flexibility index (Phi) is 4.81. The molecule has 2 aromatic carbocycles. The van der Waals surface area contributed by atoms with Crippen molar-refractivity contribution in [1.82, 2.24) is 4.90 Å². The number of carbonyl (C=O) groups excluding carboxylic acids is 1. The van der Waals surface area contributed by atoms with Crippen LogP contribution >= 0.6 is 0 Å². The summed E-state index contributed by atoms with van der Waals surface area (Å²) in [6.07, 6.45) is -0.562. The third-order valence-electron chi connectivity index (χ3n) is 4.41. The molecule has 4 nitrogen and oxygen atoms in total. The van der Waals surface area contributed by atoms with E-state index < -0.39 is 24.3 Å². The van der Waals surface area contributed by atoms with Crippen molar-refractivity contribution < 1.29 is 19.0 Å². The molecule has 24 heavy (non-hydrogen) atoms. The lowest BCUT2D eigenvalue weighted by Crippen LogP contribution is -2.37. The quantitative estimate of drug-likeness (QED) is 0.937. The molecule has 126 valence electrons. The Hall–Kier alpha value is -2.40. The van der Waals surface area contributed by atoms with Gasteiger partial charge in [0.15, 0.2) is 5.67 Å². The summed E-state index contributed by atoms with van der Waals surface area (Å²) in [4.78, 5) is 13.6. The van der Waals surface area contributed by atoms with Crippen molar-refractivity contribution in [3.8, 4) is 0 Å². The smallest absolute Gasteiger partial charge is 0.410 e. The second-order valence-electron chi connectivity index (χ2n) is 6.08. The Morgan fingerprint density at radius 1 is 1.17 bits per heavy atom. The van der Waals surface area contributed by atoms with Crippen molar-refractivity contribution in [1.29, 1.82) is 0 Å². The highest BCUT2D eigenvalue weighted by Crippen LogP contribution is 2.39. The average molecular weight is 329 g/mol. The number of nitrogens with zero attached hydrogens (tertiary/aromatic N) is 1. The monoisotopic (exact) mass is 329 g/mol. The Bertz CT molecular complexity index is 680. The van der Waals surface area contributed by atoms with Crippen molar-refractivity contribution in [2.45, 2.75) is 18.2 Å². The lowest BCUT2D eigenvalue weighted by Gasteiger charge is -2.23. The number of benzene rings is 2. The SMILES string of the molecule is O=C(OCc1ccccc1)N1CC(c2ccccc2)C(F)(CO)C1. The average Bonchev–Trinajstić information content (AvgIpc) is 3.00. The number of rotatable bonds is 4. The number of aliphatic hydroxyl groups excluding tert-OH is 1. The molecule has 1 amide bonds. The molecule has 2 atom stereocenters. The van der Waals surface area contributed by atoms with Crippen LogP contribution in [0.1, 0.15) is 17.0 Å². The van der Waals surface area contributed by atoms with Gasteiger partial charge in [-0.2, -0.15) is 0 Å². The Morgan fingerprint density at radius 3 is 2.42 bits per heavy atom. The first-order valence-electron chi connectivity index (χ1n) is 7.93. The number of likely N-dealkylation sites (tertiary alicyclic amines) is 1. The van der Waals surface area contributed by atoms with Gasteiger partial charge in [-0.3, -0.25) is 0 Å². The molecule has 1 saturated heterocycles. The number of aliphatic hydroxyl groups is 1. The zero-order valence-corrected chi connectivity index (χ0v) is 13.3. The van der Waals surface area contributed by atoms with Crippen molar-refractivity contribution in [2.24, 2.45) is 0 Å². The summed E-state index contributed by atoms with van der Waals surface area (Å²) in [5.41, 5.74) is -0.210. The normalized spacial score (nSPS) is 23.2. The van der Waals surface area contributed by atoms with E-state index in [2.05, 4.69) is 0 Å². The number of halogens is 1. The topological polar surface area (TPSA) is 49.8 Å². The molecule has 5 heteroatoms. The third kappa shape index (κ3) is 3.41. The Morgan fingerprint density at radius 2 is 1.79 bits per heavy atom. The van der Waals surface area contributed by atoms with Gasteiger partial charge in [-0.1, -0.05) is 60.7 Å². The van der Waals surface area contributed by atoms with Gasteiger partial charge in [-0.05, 0) is 11.1 Å². The second kappa shape index (κ2) is 7.01. The van der Waals surface area contributed by atoms with Crippen LogP contribution < -0.4 is 0 Å². The van der Waals surface area contributed by atoms with Crippen molar-refractivity contribution in [3.05, 3.63) is 71.8 Å². The number of ether oxygens (including phenoxy) is 1. The van der Waals surface area contributed by atoms with E-state index in [9.17, 15) is 9.90 Å². The summed E-state index contributed by atoms with van der Waals surface area (Å²) in [6, 6.07) is 18.5. The molecule has 0 spiro atoms. The van der Waals surface area contributed by atoms with E-state index in [1.165, 1.54) is 4.90 Å². The maximum atomic E-state index is 15.1. The van der Waals surface area contributed by atoms with E-state index in [0.717, 1.165) is 11.1 Å². The molecule has 0 aromatic heterocycles. The standard InChI is InChI=1S/C19H20FNO3/c20-19(14-22)13-21(11-17(19)16-9-5-2-6-10-16)18(23)24-12-15-7-3-1-4-8-15/h1-10,17,22H,11-14H2. The van der Waals surface area contributed by atoms with Gasteiger partial charge in [0.2, 0.25) is 0 Å². The lowest BCUT2D eigenvalue weighted by molar-refractivity contribution is 0.0588. The lowest BCUT2D eigenvalue weighted by atomic mass is 9.87. The first kappa shape index (κ1) is 16.5. The van der Waals surface area contributed by atoms with Crippen LogP contribution in [-0.2, 0) is 11.3 Å². The zero-order chi connectivity index (χ0) is 17.0. The van der Waals surface area contributed by atoms with Gasteiger partial charge in [-0.25, -0.2) is 9.18 Å². The molecule has 1 heterocycles. The summed E-state index contributed by atoms with van der Waals surface area (Å²) >= 11 is 0. The van der Waals surface area contributed by atoms with E-state index in [-0.39, 0.29) is 19.7 Å². The summed E-state index contributed by atoms with van der Waals surface area (Å²) in [6.45, 7) is -0.467. The molecule has 0 aliphatic carbocycles. The molecule has 2 aromatic rings. The van der Waals surface area contributed by atoms with Crippen molar-refractivity contribution in [2.75, 3.05) is 19.7 Å². The van der Waals surface area contributed by atoms with Crippen LogP contribution in [0.15, 0.2) is 60.7 Å². The van der Waals surface area contributed by atoms with Gasteiger partial charge in [-0.15, -0.1) is 0 Å². The fourth-order valence-electron chi connectivity index (χ4n) is 3.08. The maximum absolute atomic E-state index is 15.1. The third-order valence-corrected chi connectivity index (χ3v) is 4.41. The van der Waals surface area contributed by atoms with Gasteiger partial charge >= 0.3 is 6.09 Å². The molecule has 1 aliphatic heterocycles. The van der Waals surface area contributed by atoms with Gasteiger partial charge in [0.25, 0.3) is 0 Å². The minimum absolute atomic E-state index is 0.143. The van der Waals surface area contributed by atoms with Crippen LogP contribution in [0.5, 0.6) is 0 Å². The molecule has 0 saturated carbocycles. The van der Waals surface area contributed by atoms with Crippen LogP contribution in [0.25, 0.3) is 0 Å². The summed E-state index contributed by atoms with van der Waals surface area (Å²) < 4.78 is 20.3. The highest BCUT2D eigenvalue weighted by atomic mass is 19.1. The van der Waals surface area contributed by atoms with Crippen LogP contribution in [0.4, 0.5) is 9.18 Å². The van der Waals surface area contributed by atoms with Gasteiger partial charge in [0.1, 0.15) is 6.61 Å². The largest absolute Gasteiger partial charge is 0.445 e. The number of alkyl halides is 1. The van der Waals surface area contributed by atoms with Crippen LogP contribution in [0.2, 0.25) is 0 Å². The molecule has 0 radical (unpaired) electrons. The Labute approximate surface area is 140 Å². The molecule has 1 fully saturated rings. The van der Waals surface area contributed by atoms with Crippen molar-refractivity contribution >= 4 is 6.09 Å². The van der Waals surface area contributed by atoms with Gasteiger partial charge in [0.05, 0.1) is 13.2 Å². The fourth-order valence-corrected chi connectivity index (χ4v) is 3.08. The maximum Gasteiger partial charge on any atom is 0.410 e. The van der Waals surface area contributed by atoms with Gasteiger partial charge < -0.3 is 14.7 Å². The molecule has 1 aliphatic rings. The molecular weight excluding hydrogens is 309 g/mol. The fraction of sp³-hybridized carbons (Fsp3) is 0.316. The number of hydrogen-bond acceptors (Lipinski definition) is 3. The van der Waals surface area contributed by atoms with E-state index in [1.54, 1.807) is 0 Å². The van der Waals surface area contributed by atoms with Crippen LogP contribution in [0.3, 0.4) is 0 Å². The number of carbonyl (C=O) groups is 1. The van der Waals surface area contributed by atoms with Crippen LogP contribution in [-0.4, -0.2) is 41.5 Å². The molecule has 3 rings (SSSR count).